The molecule has 0 saturated carbocycles. The summed E-state index contributed by atoms with van der Waals surface area (Å²) in [4.78, 5) is 55.1. The van der Waals surface area contributed by atoms with E-state index in [-0.39, 0.29) is 36.8 Å². The summed E-state index contributed by atoms with van der Waals surface area (Å²) in [7, 11) is 1.25. The molecule has 4 atom stereocenters. The van der Waals surface area contributed by atoms with Gasteiger partial charge in [0.15, 0.2) is 0 Å². The minimum Gasteiger partial charge on any atom is -0.336 e. The standard InChI is InChI=1S/C30H31F4N5O4/c1-17(2)12-24(26(41)39-16-29(14-20(39)15-35)21-6-4-5-7-22(21)36-27(29)42)38(3)25(40)23(37-28(43)30(32,33)34)13-18-8-10-19(31)11-9-18/h4-11,17,20,23-24H,12-14,16H2,1-3H3,(H,36,42)(H,37,43)/t20-,23?,24-,29-/m0/s1. The lowest BCUT2D eigenvalue weighted by atomic mass is 9.80. The van der Waals surface area contributed by atoms with Gasteiger partial charge in [0.1, 0.15) is 23.9 Å². The molecule has 2 aromatic carbocycles. The van der Waals surface area contributed by atoms with E-state index in [1.54, 1.807) is 43.4 Å². The third-order valence-electron chi connectivity index (χ3n) is 7.92. The number of carbonyl (C=O) groups is 4. The second-order valence-electron chi connectivity index (χ2n) is 11.3. The first-order valence-corrected chi connectivity index (χ1v) is 13.7. The van der Waals surface area contributed by atoms with Gasteiger partial charge in [0.2, 0.25) is 17.7 Å². The van der Waals surface area contributed by atoms with Gasteiger partial charge in [0, 0.05) is 32.1 Å². The van der Waals surface area contributed by atoms with Crippen LogP contribution in [0.2, 0.25) is 0 Å². The number of amides is 4. The molecular formula is C30H31F4N5O4. The van der Waals surface area contributed by atoms with E-state index in [0.29, 0.717) is 11.3 Å². The molecule has 1 unspecified atom stereocenters. The zero-order chi connectivity index (χ0) is 31.7. The van der Waals surface area contributed by atoms with Crippen molar-refractivity contribution in [2.24, 2.45) is 5.92 Å². The summed E-state index contributed by atoms with van der Waals surface area (Å²) in [5.41, 5.74) is 0.325. The first-order chi connectivity index (χ1) is 20.2. The van der Waals surface area contributed by atoms with Crippen molar-refractivity contribution < 1.29 is 36.7 Å². The Kier molecular flexibility index (Phi) is 8.80. The summed E-state index contributed by atoms with van der Waals surface area (Å²) in [6.07, 6.45) is -5.57. The van der Waals surface area contributed by atoms with Crippen LogP contribution in [0, 0.1) is 23.1 Å². The van der Waals surface area contributed by atoms with E-state index in [1.165, 1.54) is 24.1 Å². The van der Waals surface area contributed by atoms with Crippen LogP contribution in [0.3, 0.4) is 0 Å². The summed E-state index contributed by atoms with van der Waals surface area (Å²) in [5.74, 6) is -5.09. The molecule has 1 spiro atoms. The van der Waals surface area contributed by atoms with Crippen molar-refractivity contribution in [2.75, 3.05) is 18.9 Å². The van der Waals surface area contributed by atoms with Crippen molar-refractivity contribution in [3.63, 3.8) is 0 Å². The van der Waals surface area contributed by atoms with Crippen LogP contribution >= 0.6 is 0 Å². The maximum atomic E-state index is 14.1. The molecule has 228 valence electrons. The molecule has 1 fully saturated rings. The van der Waals surface area contributed by atoms with E-state index in [0.717, 1.165) is 17.0 Å². The molecule has 2 aromatic rings. The van der Waals surface area contributed by atoms with Crippen LogP contribution in [0.4, 0.5) is 23.2 Å². The van der Waals surface area contributed by atoms with Crippen molar-refractivity contribution in [1.29, 1.82) is 5.26 Å². The average molecular weight is 602 g/mol. The first kappa shape index (κ1) is 31.5. The Bertz CT molecular complexity index is 1460. The van der Waals surface area contributed by atoms with Crippen LogP contribution in [0.1, 0.15) is 37.8 Å². The van der Waals surface area contributed by atoms with Crippen molar-refractivity contribution >= 4 is 29.3 Å². The quantitative estimate of drug-likeness (QED) is 0.450. The molecule has 2 aliphatic rings. The zero-order valence-corrected chi connectivity index (χ0v) is 23.7. The number of likely N-dealkylation sites (N-methyl/N-ethyl adjacent to an activating group) is 1. The Morgan fingerprint density at radius 3 is 2.42 bits per heavy atom. The maximum absolute atomic E-state index is 14.1. The molecule has 1 saturated heterocycles. The molecule has 0 aliphatic carbocycles. The fourth-order valence-corrected chi connectivity index (χ4v) is 5.74. The molecule has 4 amide bonds. The molecule has 0 bridgehead atoms. The molecule has 0 aromatic heterocycles. The second-order valence-corrected chi connectivity index (χ2v) is 11.3. The molecule has 9 nitrogen and oxygen atoms in total. The zero-order valence-electron chi connectivity index (χ0n) is 23.7. The van der Waals surface area contributed by atoms with E-state index < -0.39 is 59.7 Å². The molecule has 4 rings (SSSR count). The van der Waals surface area contributed by atoms with Crippen molar-refractivity contribution in [3.8, 4) is 6.07 Å². The number of nitrogens with one attached hydrogen (secondary N) is 2. The Hall–Kier alpha value is -4.47. The van der Waals surface area contributed by atoms with Gasteiger partial charge in [-0.2, -0.15) is 18.4 Å². The second kappa shape index (κ2) is 12.0. The predicted molar refractivity (Wildman–Crippen MR) is 147 cm³/mol. The number of hydrogen-bond donors (Lipinski definition) is 2. The van der Waals surface area contributed by atoms with E-state index in [1.807, 2.05) is 0 Å². The molecule has 2 aliphatic heterocycles. The summed E-state index contributed by atoms with van der Waals surface area (Å²) < 4.78 is 53.0. The van der Waals surface area contributed by atoms with Gasteiger partial charge in [-0.15, -0.1) is 0 Å². The maximum Gasteiger partial charge on any atom is 0.471 e. The summed E-state index contributed by atoms with van der Waals surface area (Å²) in [5, 5.41) is 14.5. The van der Waals surface area contributed by atoms with Crippen LogP contribution in [-0.2, 0) is 31.0 Å². The summed E-state index contributed by atoms with van der Waals surface area (Å²) in [6.45, 7) is 3.44. The van der Waals surface area contributed by atoms with Gasteiger partial charge in [-0.05, 0) is 41.7 Å². The number of nitriles is 1. The van der Waals surface area contributed by atoms with Crippen molar-refractivity contribution in [2.45, 2.75) is 62.8 Å². The van der Waals surface area contributed by atoms with Gasteiger partial charge in [-0.25, -0.2) is 4.39 Å². The number of anilines is 1. The molecule has 2 N–H and O–H groups in total. The minimum atomic E-state index is -5.28. The third-order valence-corrected chi connectivity index (χ3v) is 7.92. The normalized spacial score (nSPS) is 20.8. The number of fused-ring (bicyclic) bond motifs is 2. The van der Waals surface area contributed by atoms with Gasteiger partial charge in [0.05, 0.1) is 11.5 Å². The monoisotopic (exact) mass is 601 g/mol. The Labute approximate surface area is 245 Å². The predicted octanol–water partition coefficient (Wildman–Crippen LogP) is 3.30. The number of nitrogens with zero attached hydrogens (tertiary/aromatic N) is 3. The van der Waals surface area contributed by atoms with E-state index >= 15 is 0 Å². The SMILES string of the molecule is CC(C)C[C@@H](C(=O)N1C[C@]2(C[C@H]1C#N)C(=O)Nc1ccccc12)N(C)C(=O)C(Cc1ccc(F)cc1)NC(=O)C(F)(F)F. The molecule has 13 heteroatoms. The molecular weight excluding hydrogens is 570 g/mol. The topological polar surface area (TPSA) is 123 Å². The van der Waals surface area contributed by atoms with Crippen molar-refractivity contribution in [3.05, 3.63) is 65.5 Å². The van der Waals surface area contributed by atoms with Gasteiger partial charge in [-0.1, -0.05) is 44.2 Å². The van der Waals surface area contributed by atoms with Gasteiger partial charge >= 0.3 is 12.1 Å². The molecule has 0 radical (unpaired) electrons. The Morgan fingerprint density at radius 1 is 1.16 bits per heavy atom. The Morgan fingerprint density at radius 2 is 1.81 bits per heavy atom. The van der Waals surface area contributed by atoms with Crippen molar-refractivity contribution in [1.82, 2.24) is 15.1 Å². The number of carbonyl (C=O) groups excluding carboxylic acids is 4. The van der Waals surface area contributed by atoms with Gasteiger partial charge in [0.25, 0.3) is 0 Å². The number of alkyl halides is 3. The fraction of sp³-hybridized carbons (Fsp3) is 0.433. The number of rotatable bonds is 8. The van der Waals surface area contributed by atoms with Crippen LogP contribution in [0.25, 0.3) is 0 Å². The largest absolute Gasteiger partial charge is 0.471 e. The molecule has 43 heavy (non-hydrogen) atoms. The lowest BCUT2D eigenvalue weighted by molar-refractivity contribution is -0.175. The number of hydrogen-bond acceptors (Lipinski definition) is 5. The number of likely N-dealkylation sites (tertiary alicyclic amines) is 1. The van der Waals surface area contributed by atoms with Crippen LogP contribution in [0.5, 0.6) is 0 Å². The third kappa shape index (κ3) is 6.33. The van der Waals surface area contributed by atoms with Gasteiger partial charge < -0.3 is 20.4 Å². The highest BCUT2D eigenvalue weighted by Gasteiger charge is 2.57. The lowest BCUT2D eigenvalue weighted by Crippen LogP contribution is -2.57. The fourth-order valence-electron chi connectivity index (χ4n) is 5.74. The average Bonchev–Trinajstić information content (AvgIpc) is 3.48. The molecule has 2 heterocycles. The highest BCUT2D eigenvalue weighted by molar-refractivity contribution is 6.07. The van der Waals surface area contributed by atoms with E-state index in [4.69, 9.17) is 0 Å². The van der Waals surface area contributed by atoms with E-state index in [9.17, 15) is 42.0 Å². The number of benzene rings is 2. The van der Waals surface area contributed by atoms with Crippen LogP contribution < -0.4 is 10.6 Å². The van der Waals surface area contributed by atoms with Crippen LogP contribution in [-0.4, -0.2) is 71.3 Å². The Balaban J connectivity index is 1.64. The van der Waals surface area contributed by atoms with E-state index in [2.05, 4.69) is 11.4 Å². The number of para-hydroxylation sites is 1. The highest BCUT2D eigenvalue weighted by Crippen LogP contribution is 2.46. The first-order valence-electron chi connectivity index (χ1n) is 13.7. The lowest BCUT2D eigenvalue weighted by Gasteiger charge is -2.35. The summed E-state index contributed by atoms with van der Waals surface area (Å²) >= 11 is 0. The van der Waals surface area contributed by atoms with Crippen LogP contribution in [0.15, 0.2) is 48.5 Å². The highest BCUT2D eigenvalue weighted by atomic mass is 19.4. The summed E-state index contributed by atoms with van der Waals surface area (Å²) in [6, 6.07) is 9.76. The minimum absolute atomic E-state index is 0.0268. The number of halogens is 4. The van der Waals surface area contributed by atoms with Gasteiger partial charge in [-0.3, -0.25) is 19.2 Å². The smallest absolute Gasteiger partial charge is 0.336 e.